The van der Waals surface area contributed by atoms with E-state index < -0.39 is 11.6 Å². The van der Waals surface area contributed by atoms with Crippen LogP contribution in [0.1, 0.15) is 32.2 Å². The number of ether oxygens (including phenoxy) is 1. The predicted molar refractivity (Wildman–Crippen MR) is 89.1 cm³/mol. The van der Waals surface area contributed by atoms with Gasteiger partial charge in [-0.05, 0) is 44.5 Å². The number of halogens is 2. The largest absolute Gasteiger partial charge is 0.494 e. The van der Waals surface area contributed by atoms with Crippen LogP contribution in [0, 0.1) is 11.6 Å². The minimum atomic E-state index is -0.703. The topological polar surface area (TPSA) is 30.3 Å². The predicted octanol–water partition coefficient (Wildman–Crippen LogP) is 3.88. The van der Waals surface area contributed by atoms with E-state index in [0.29, 0.717) is 5.82 Å². The van der Waals surface area contributed by atoms with Crippen LogP contribution in [-0.4, -0.2) is 41.2 Å². The number of nitrogens with zero attached hydrogens (tertiary/aromatic N) is 3. The fraction of sp³-hybridized carbons (Fsp3) is 0.500. The molecule has 0 aliphatic carbocycles. The molecule has 6 heteroatoms. The van der Waals surface area contributed by atoms with Crippen LogP contribution in [0.15, 0.2) is 24.5 Å². The van der Waals surface area contributed by atoms with Gasteiger partial charge >= 0.3 is 0 Å². The maximum Gasteiger partial charge on any atom is 0.178 e. The minimum absolute atomic E-state index is 0.0252. The molecule has 2 aromatic rings. The molecule has 1 aromatic carbocycles. The zero-order valence-corrected chi connectivity index (χ0v) is 14.1. The average Bonchev–Trinajstić information content (AvgIpc) is 3.05. The summed E-state index contributed by atoms with van der Waals surface area (Å²) in [6.45, 7) is 5.16. The molecule has 0 saturated carbocycles. The summed E-state index contributed by atoms with van der Waals surface area (Å²) in [7, 11) is 1.37. The van der Waals surface area contributed by atoms with Crippen molar-refractivity contribution in [3.8, 4) is 17.1 Å². The van der Waals surface area contributed by atoms with Gasteiger partial charge < -0.3 is 14.2 Å². The Hall–Kier alpha value is -1.95. The number of benzene rings is 1. The zero-order chi connectivity index (χ0) is 17.1. The lowest BCUT2D eigenvalue weighted by Crippen LogP contribution is -2.37. The van der Waals surface area contributed by atoms with E-state index >= 15 is 0 Å². The first-order valence-electron chi connectivity index (χ1n) is 8.43. The summed E-state index contributed by atoms with van der Waals surface area (Å²) in [5.41, 5.74) is -0.119. The lowest BCUT2D eigenvalue weighted by molar-refractivity contribution is 0.178. The van der Waals surface area contributed by atoms with Gasteiger partial charge in [-0.2, -0.15) is 0 Å². The molecule has 1 fully saturated rings. The van der Waals surface area contributed by atoms with Crippen molar-refractivity contribution >= 4 is 0 Å². The van der Waals surface area contributed by atoms with Crippen molar-refractivity contribution in [2.24, 2.45) is 0 Å². The Bertz CT molecular complexity index is 700. The van der Waals surface area contributed by atoms with Gasteiger partial charge in [-0.25, -0.2) is 13.8 Å². The van der Waals surface area contributed by atoms with E-state index in [4.69, 9.17) is 4.74 Å². The first-order valence-corrected chi connectivity index (χ1v) is 8.43. The summed E-state index contributed by atoms with van der Waals surface area (Å²) in [5, 5.41) is 0. The number of likely N-dealkylation sites (tertiary alicyclic amines) is 1. The molecular formula is C18H23F2N3O. The third-order valence-electron chi connectivity index (χ3n) is 4.58. The molecule has 1 aliphatic rings. The van der Waals surface area contributed by atoms with Crippen molar-refractivity contribution in [2.75, 3.05) is 26.7 Å². The van der Waals surface area contributed by atoms with E-state index in [-0.39, 0.29) is 17.4 Å². The van der Waals surface area contributed by atoms with Crippen molar-refractivity contribution < 1.29 is 13.5 Å². The van der Waals surface area contributed by atoms with Gasteiger partial charge in [-0.3, -0.25) is 0 Å². The third kappa shape index (κ3) is 3.15. The quantitative estimate of drug-likeness (QED) is 0.830. The first-order chi connectivity index (χ1) is 11.7. The van der Waals surface area contributed by atoms with Crippen molar-refractivity contribution in [1.29, 1.82) is 0 Å². The molecule has 1 saturated heterocycles. The summed E-state index contributed by atoms with van der Waals surface area (Å²) in [6, 6.07) is 2.69. The van der Waals surface area contributed by atoms with Gasteiger partial charge in [0.05, 0.1) is 12.7 Å². The van der Waals surface area contributed by atoms with Crippen LogP contribution < -0.4 is 4.74 Å². The molecule has 1 unspecified atom stereocenters. The van der Waals surface area contributed by atoms with Gasteiger partial charge in [0.15, 0.2) is 11.6 Å². The highest BCUT2D eigenvalue weighted by molar-refractivity contribution is 5.60. The number of piperidine rings is 1. The molecule has 0 spiro atoms. The summed E-state index contributed by atoms with van der Waals surface area (Å²) >= 11 is 0. The van der Waals surface area contributed by atoms with E-state index in [1.54, 1.807) is 6.20 Å². The molecule has 0 amide bonds. The van der Waals surface area contributed by atoms with Gasteiger partial charge in [0.25, 0.3) is 0 Å². The Morgan fingerprint density at radius 2 is 2.17 bits per heavy atom. The summed E-state index contributed by atoms with van der Waals surface area (Å²) in [6.07, 6.45) is 6.57. The van der Waals surface area contributed by atoms with Crippen LogP contribution in [0.25, 0.3) is 11.4 Å². The van der Waals surface area contributed by atoms with Crippen LogP contribution in [0.4, 0.5) is 8.78 Å². The SMILES string of the molecule is CCCN1CCCC(n2ccnc2-c2c(F)ccc(OC)c2F)C1. The molecule has 1 aromatic heterocycles. The Labute approximate surface area is 141 Å². The second-order valence-corrected chi connectivity index (χ2v) is 6.19. The number of imidazole rings is 1. The van der Waals surface area contributed by atoms with Gasteiger partial charge in [-0.15, -0.1) is 0 Å². The molecule has 1 aliphatic heterocycles. The highest BCUT2D eigenvalue weighted by Gasteiger charge is 2.26. The lowest BCUT2D eigenvalue weighted by Gasteiger charge is -2.34. The highest BCUT2D eigenvalue weighted by atomic mass is 19.1. The smallest absolute Gasteiger partial charge is 0.178 e. The molecule has 3 rings (SSSR count). The summed E-state index contributed by atoms with van der Waals surface area (Å²) in [4.78, 5) is 6.64. The van der Waals surface area contributed by atoms with Crippen molar-refractivity contribution in [2.45, 2.75) is 32.2 Å². The van der Waals surface area contributed by atoms with Crippen LogP contribution in [0.3, 0.4) is 0 Å². The molecule has 1 atom stereocenters. The standard InChI is InChI=1S/C18H23F2N3O/c1-3-9-22-10-4-5-13(12-22)23-11-8-21-18(23)16-14(19)6-7-15(24-2)17(16)20/h6-8,11,13H,3-5,9-10,12H2,1-2H3. The Kier molecular flexibility index (Phi) is 5.14. The van der Waals surface area contributed by atoms with E-state index in [9.17, 15) is 8.78 Å². The van der Waals surface area contributed by atoms with Crippen LogP contribution in [0.5, 0.6) is 5.75 Å². The Morgan fingerprint density at radius 1 is 1.33 bits per heavy atom. The first kappa shape index (κ1) is 16.9. The van der Waals surface area contributed by atoms with Gasteiger partial charge in [0.1, 0.15) is 11.6 Å². The highest BCUT2D eigenvalue weighted by Crippen LogP contribution is 2.33. The number of rotatable bonds is 5. The van der Waals surface area contributed by atoms with Crippen molar-refractivity contribution in [3.05, 3.63) is 36.2 Å². The fourth-order valence-electron chi connectivity index (χ4n) is 3.47. The maximum absolute atomic E-state index is 14.6. The molecular weight excluding hydrogens is 312 g/mol. The normalized spacial score (nSPS) is 18.8. The van der Waals surface area contributed by atoms with Crippen LogP contribution >= 0.6 is 0 Å². The minimum Gasteiger partial charge on any atom is -0.494 e. The second-order valence-electron chi connectivity index (χ2n) is 6.19. The Morgan fingerprint density at radius 3 is 2.92 bits per heavy atom. The summed E-state index contributed by atoms with van der Waals surface area (Å²) in [5.74, 6) is -0.974. The fourth-order valence-corrected chi connectivity index (χ4v) is 3.47. The van der Waals surface area contributed by atoms with Gasteiger partial charge in [-0.1, -0.05) is 6.92 Å². The van der Waals surface area contributed by atoms with Gasteiger partial charge in [0, 0.05) is 25.0 Å². The molecule has 130 valence electrons. The average molecular weight is 335 g/mol. The molecule has 2 heterocycles. The van der Waals surface area contributed by atoms with Crippen LogP contribution in [0.2, 0.25) is 0 Å². The van der Waals surface area contributed by atoms with Crippen molar-refractivity contribution in [1.82, 2.24) is 14.5 Å². The number of hydrogen-bond donors (Lipinski definition) is 0. The lowest BCUT2D eigenvalue weighted by atomic mass is 10.0. The van der Waals surface area contributed by atoms with Gasteiger partial charge in [0.2, 0.25) is 0 Å². The number of aromatic nitrogens is 2. The van der Waals surface area contributed by atoms with E-state index in [1.807, 2.05) is 10.8 Å². The number of methoxy groups -OCH3 is 1. The van der Waals surface area contributed by atoms with E-state index in [1.165, 1.54) is 19.2 Å². The van der Waals surface area contributed by atoms with E-state index in [0.717, 1.165) is 38.9 Å². The third-order valence-corrected chi connectivity index (χ3v) is 4.58. The number of hydrogen-bond acceptors (Lipinski definition) is 3. The molecule has 0 N–H and O–H groups in total. The monoisotopic (exact) mass is 335 g/mol. The second kappa shape index (κ2) is 7.30. The zero-order valence-electron chi connectivity index (χ0n) is 14.1. The summed E-state index contributed by atoms with van der Waals surface area (Å²) < 4.78 is 35.8. The van der Waals surface area contributed by atoms with E-state index in [2.05, 4.69) is 16.8 Å². The van der Waals surface area contributed by atoms with Crippen molar-refractivity contribution in [3.63, 3.8) is 0 Å². The molecule has 4 nitrogen and oxygen atoms in total. The maximum atomic E-state index is 14.6. The molecule has 24 heavy (non-hydrogen) atoms. The molecule has 0 radical (unpaired) electrons. The van der Waals surface area contributed by atoms with Crippen LogP contribution in [-0.2, 0) is 0 Å². The Balaban J connectivity index is 1.97. The molecule has 0 bridgehead atoms.